The Morgan fingerprint density at radius 2 is 1.93 bits per heavy atom. The van der Waals surface area contributed by atoms with Gasteiger partial charge in [-0.1, -0.05) is 18.2 Å². The van der Waals surface area contributed by atoms with Crippen molar-refractivity contribution in [3.05, 3.63) is 59.7 Å². The van der Waals surface area contributed by atoms with Gasteiger partial charge in [0.1, 0.15) is 11.5 Å². The van der Waals surface area contributed by atoms with Crippen LogP contribution in [0.5, 0.6) is 11.5 Å². The summed E-state index contributed by atoms with van der Waals surface area (Å²) in [6.07, 6.45) is 2.92. The summed E-state index contributed by atoms with van der Waals surface area (Å²) in [6.45, 7) is 1.57. The van der Waals surface area contributed by atoms with E-state index in [-0.39, 0.29) is 17.8 Å². The lowest BCUT2D eigenvalue weighted by molar-refractivity contribution is 0.0507. The minimum Gasteiger partial charge on any atom is -0.497 e. The molecule has 156 valence electrons. The summed E-state index contributed by atoms with van der Waals surface area (Å²) in [6, 6.07) is 13.7. The maximum absolute atomic E-state index is 13.2. The zero-order valence-corrected chi connectivity index (χ0v) is 17.4. The molecule has 1 aliphatic rings. The van der Waals surface area contributed by atoms with E-state index in [4.69, 9.17) is 13.7 Å². The van der Waals surface area contributed by atoms with E-state index in [1.807, 2.05) is 0 Å². The van der Waals surface area contributed by atoms with Crippen molar-refractivity contribution in [2.24, 2.45) is 0 Å². The highest BCUT2D eigenvalue weighted by atomic mass is 32.2. The lowest BCUT2D eigenvalue weighted by Gasteiger charge is -2.26. The van der Waals surface area contributed by atoms with Crippen molar-refractivity contribution in [3.63, 3.8) is 0 Å². The summed E-state index contributed by atoms with van der Waals surface area (Å²) in [4.78, 5) is 14.9. The Labute approximate surface area is 171 Å². The first kappa shape index (κ1) is 21.1. The van der Waals surface area contributed by atoms with E-state index in [1.165, 1.54) is 0 Å². The Balaban J connectivity index is 1.78. The number of nitrogens with zero attached hydrogens (tertiary/aromatic N) is 1. The van der Waals surface area contributed by atoms with Gasteiger partial charge in [-0.25, -0.2) is 0 Å². The highest BCUT2D eigenvalue weighted by molar-refractivity contribution is 7.86. The average molecular weight is 419 g/mol. The third-order valence-electron chi connectivity index (χ3n) is 4.60. The summed E-state index contributed by atoms with van der Waals surface area (Å²) in [5.41, 5.74) is 1.40. The largest absolute Gasteiger partial charge is 0.497 e. The number of ether oxygens (including phenoxy) is 2. The molecule has 1 heterocycles. The van der Waals surface area contributed by atoms with Crippen molar-refractivity contribution < 1.29 is 26.9 Å². The van der Waals surface area contributed by atoms with E-state index in [1.54, 1.807) is 60.5 Å². The number of carbonyl (C=O) groups is 1. The molecule has 29 heavy (non-hydrogen) atoms. The summed E-state index contributed by atoms with van der Waals surface area (Å²) >= 11 is 0. The smallest absolute Gasteiger partial charge is 0.306 e. The van der Waals surface area contributed by atoms with Crippen LogP contribution in [0.1, 0.15) is 28.8 Å². The Morgan fingerprint density at radius 3 is 2.55 bits per heavy atom. The Hall–Kier alpha value is -2.58. The second kappa shape index (κ2) is 9.28. The topological polar surface area (TPSA) is 82.1 Å². The molecule has 0 unspecified atom stereocenters. The van der Waals surface area contributed by atoms with Gasteiger partial charge in [0.05, 0.1) is 19.5 Å². The van der Waals surface area contributed by atoms with E-state index < -0.39 is 10.1 Å². The summed E-state index contributed by atoms with van der Waals surface area (Å²) in [5, 5.41) is 0. The zero-order chi connectivity index (χ0) is 20.9. The normalized spacial score (nSPS) is 16.4. The van der Waals surface area contributed by atoms with Gasteiger partial charge >= 0.3 is 10.1 Å². The molecule has 0 radical (unpaired) electrons. The number of benzene rings is 2. The molecule has 0 spiro atoms. The Bertz CT molecular complexity index is 936. The van der Waals surface area contributed by atoms with E-state index in [0.29, 0.717) is 31.0 Å². The van der Waals surface area contributed by atoms with Crippen LogP contribution in [0.3, 0.4) is 0 Å². The molecule has 1 fully saturated rings. The molecule has 8 heteroatoms. The van der Waals surface area contributed by atoms with Gasteiger partial charge in [0.15, 0.2) is 0 Å². The van der Waals surface area contributed by atoms with E-state index in [2.05, 4.69) is 0 Å². The van der Waals surface area contributed by atoms with Gasteiger partial charge in [0.2, 0.25) is 0 Å². The third-order valence-corrected chi connectivity index (χ3v) is 5.09. The zero-order valence-electron chi connectivity index (χ0n) is 16.5. The molecule has 1 amide bonds. The first-order valence-corrected chi connectivity index (χ1v) is 11.2. The molecule has 0 N–H and O–H groups in total. The van der Waals surface area contributed by atoms with Crippen LogP contribution in [0, 0.1) is 0 Å². The predicted octanol–water partition coefficient (Wildman–Crippen LogP) is 2.86. The molecule has 2 aromatic carbocycles. The standard InChI is InChI=1S/C21H25NO6S/c1-26-19-6-3-5-17(13-19)21(23)22(15-20-7-4-12-27-20)14-16-8-10-18(11-9-16)28-29(2,24)25/h3,5-6,8-11,13,20H,4,7,12,14-15H2,1-2H3/t20-/m1/s1. The van der Waals surface area contributed by atoms with Crippen molar-refractivity contribution in [3.8, 4) is 11.5 Å². The van der Waals surface area contributed by atoms with Crippen molar-refractivity contribution in [2.75, 3.05) is 26.5 Å². The summed E-state index contributed by atoms with van der Waals surface area (Å²) in [7, 11) is -2.01. The Morgan fingerprint density at radius 1 is 1.17 bits per heavy atom. The lowest BCUT2D eigenvalue weighted by Crippen LogP contribution is -2.37. The van der Waals surface area contributed by atoms with E-state index in [0.717, 1.165) is 24.7 Å². The maximum atomic E-state index is 13.2. The van der Waals surface area contributed by atoms with E-state index in [9.17, 15) is 13.2 Å². The van der Waals surface area contributed by atoms with Gasteiger partial charge in [-0.05, 0) is 48.7 Å². The third kappa shape index (κ3) is 6.20. The molecular weight excluding hydrogens is 394 g/mol. The molecule has 0 aliphatic carbocycles. The molecule has 7 nitrogen and oxygen atoms in total. The van der Waals surface area contributed by atoms with Crippen LogP contribution in [-0.2, 0) is 21.4 Å². The summed E-state index contributed by atoms with van der Waals surface area (Å²) in [5.74, 6) is 0.743. The highest BCUT2D eigenvalue weighted by Crippen LogP contribution is 2.21. The first-order chi connectivity index (χ1) is 13.8. The molecule has 1 saturated heterocycles. The average Bonchev–Trinajstić information content (AvgIpc) is 3.20. The van der Waals surface area contributed by atoms with Gasteiger partial charge < -0.3 is 18.6 Å². The molecule has 3 rings (SSSR count). The Kier molecular flexibility index (Phi) is 6.76. The van der Waals surface area contributed by atoms with Gasteiger partial charge in [-0.2, -0.15) is 8.42 Å². The number of carbonyl (C=O) groups excluding carboxylic acids is 1. The summed E-state index contributed by atoms with van der Waals surface area (Å²) < 4.78 is 38.3. The maximum Gasteiger partial charge on any atom is 0.306 e. The number of methoxy groups -OCH3 is 1. The SMILES string of the molecule is COc1cccc(C(=O)N(Cc2ccc(OS(C)(=O)=O)cc2)C[C@H]2CCCO2)c1. The minimum absolute atomic E-state index is 0.0115. The van der Waals surface area contributed by atoms with Crippen molar-refractivity contribution in [1.29, 1.82) is 0 Å². The highest BCUT2D eigenvalue weighted by Gasteiger charge is 2.24. The van der Waals surface area contributed by atoms with Crippen LogP contribution in [0.25, 0.3) is 0 Å². The van der Waals surface area contributed by atoms with Gasteiger partial charge in [-0.3, -0.25) is 4.79 Å². The molecule has 0 saturated carbocycles. The fourth-order valence-corrected chi connectivity index (χ4v) is 3.70. The van der Waals surface area contributed by atoms with Gasteiger partial charge in [0, 0.05) is 25.3 Å². The van der Waals surface area contributed by atoms with Crippen LogP contribution in [0.2, 0.25) is 0 Å². The number of rotatable bonds is 8. The number of amides is 1. The van der Waals surface area contributed by atoms with Crippen molar-refractivity contribution in [1.82, 2.24) is 4.90 Å². The van der Waals surface area contributed by atoms with Crippen LogP contribution in [-0.4, -0.2) is 51.8 Å². The van der Waals surface area contributed by atoms with Crippen molar-refractivity contribution in [2.45, 2.75) is 25.5 Å². The van der Waals surface area contributed by atoms with Gasteiger partial charge in [-0.15, -0.1) is 0 Å². The van der Waals surface area contributed by atoms with Crippen molar-refractivity contribution >= 4 is 16.0 Å². The van der Waals surface area contributed by atoms with Crippen LogP contribution >= 0.6 is 0 Å². The molecule has 1 aliphatic heterocycles. The molecule has 0 aromatic heterocycles. The fourth-order valence-electron chi connectivity index (χ4n) is 3.24. The molecule has 0 bridgehead atoms. The number of hydrogen-bond donors (Lipinski definition) is 0. The molecular formula is C21H25NO6S. The monoisotopic (exact) mass is 419 g/mol. The fraction of sp³-hybridized carbons (Fsp3) is 0.381. The van der Waals surface area contributed by atoms with Crippen LogP contribution < -0.4 is 8.92 Å². The van der Waals surface area contributed by atoms with E-state index >= 15 is 0 Å². The van der Waals surface area contributed by atoms with Gasteiger partial charge in [0.25, 0.3) is 5.91 Å². The second-order valence-corrected chi connectivity index (χ2v) is 8.56. The van der Waals surface area contributed by atoms with Crippen LogP contribution in [0.15, 0.2) is 48.5 Å². The molecule has 1 atom stereocenters. The predicted molar refractivity (Wildman–Crippen MR) is 109 cm³/mol. The number of hydrogen-bond acceptors (Lipinski definition) is 6. The quantitative estimate of drug-likeness (QED) is 0.612. The minimum atomic E-state index is -3.58. The second-order valence-electron chi connectivity index (χ2n) is 6.98. The lowest BCUT2D eigenvalue weighted by atomic mass is 10.1. The molecule has 2 aromatic rings. The van der Waals surface area contributed by atoms with Crippen LogP contribution in [0.4, 0.5) is 0 Å². The first-order valence-electron chi connectivity index (χ1n) is 9.37.